The topological polar surface area (TPSA) is 110 Å². The second-order valence-corrected chi connectivity index (χ2v) is 5.71. The van der Waals surface area contributed by atoms with E-state index in [9.17, 15) is 10.2 Å². The minimum absolute atomic E-state index is 0.0297. The quantitative estimate of drug-likeness (QED) is 0.658. The molecule has 0 radical (unpaired) electrons. The van der Waals surface area contributed by atoms with E-state index in [1.54, 1.807) is 6.33 Å². The second-order valence-electron chi connectivity index (χ2n) is 5.71. The summed E-state index contributed by atoms with van der Waals surface area (Å²) in [7, 11) is 0. The molecule has 0 spiro atoms. The first-order valence-electron chi connectivity index (χ1n) is 6.51. The van der Waals surface area contributed by atoms with Crippen LogP contribution in [0.3, 0.4) is 0 Å². The molecule has 0 aliphatic heterocycles. The zero-order chi connectivity index (χ0) is 14.1. The monoisotopic (exact) mass is 273 g/mol. The van der Waals surface area contributed by atoms with Gasteiger partial charge in [-0.15, -0.1) is 0 Å². The average molecular weight is 273 g/mol. The second kappa shape index (κ2) is 3.56. The Bertz CT molecular complexity index is 727. The lowest BCUT2D eigenvalue weighted by Gasteiger charge is -2.19. The number of fused-ring (bicyclic) bond motifs is 2. The summed E-state index contributed by atoms with van der Waals surface area (Å²) in [6.07, 6.45) is 3.16. The van der Waals surface area contributed by atoms with Gasteiger partial charge in [-0.25, -0.2) is 15.0 Å². The Kier molecular flexibility index (Phi) is 2.10. The van der Waals surface area contributed by atoms with Crippen molar-refractivity contribution in [3.8, 4) is 0 Å². The minimum Gasteiger partial charge on any atom is -0.396 e. The highest BCUT2D eigenvalue weighted by Crippen LogP contribution is 2.68. The van der Waals surface area contributed by atoms with Crippen molar-refractivity contribution in [2.24, 2.45) is 11.3 Å². The van der Waals surface area contributed by atoms with E-state index >= 15 is 0 Å². The van der Waals surface area contributed by atoms with Crippen LogP contribution in [0, 0.1) is 11.3 Å². The number of anilines is 1. The van der Waals surface area contributed by atoms with Gasteiger partial charge in [0.1, 0.15) is 11.8 Å². The van der Waals surface area contributed by atoms with Crippen molar-refractivity contribution in [1.82, 2.24) is 19.5 Å². The number of aromatic nitrogens is 4. The van der Waals surface area contributed by atoms with E-state index in [4.69, 9.17) is 5.73 Å². The maximum absolute atomic E-state index is 10.3. The number of aliphatic hydroxyl groups is 2. The molecule has 20 heavy (non-hydrogen) atoms. The third-order valence-electron chi connectivity index (χ3n) is 4.82. The van der Waals surface area contributed by atoms with Crippen LogP contribution in [0.2, 0.25) is 0 Å². The summed E-state index contributed by atoms with van der Waals surface area (Å²) in [6.45, 7) is 3.96. The number of hydrogen-bond donors (Lipinski definition) is 3. The van der Waals surface area contributed by atoms with E-state index < -0.39 is 11.5 Å². The SMILES string of the molecule is C=C1C(O)[C@]2(CO)CC2[C@H]1n1cnc2c(N)ncnc21. The Morgan fingerprint density at radius 3 is 2.95 bits per heavy atom. The fraction of sp³-hybridized carbons (Fsp3) is 0.462. The third-order valence-corrected chi connectivity index (χ3v) is 4.82. The van der Waals surface area contributed by atoms with Gasteiger partial charge in [0, 0.05) is 5.41 Å². The van der Waals surface area contributed by atoms with Gasteiger partial charge in [-0.3, -0.25) is 0 Å². The van der Waals surface area contributed by atoms with Crippen molar-refractivity contribution in [2.45, 2.75) is 18.6 Å². The molecule has 2 aliphatic rings. The van der Waals surface area contributed by atoms with Crippen LogP contribution in [-0.4, -0.2) is 42.4 Å². The summed E-state index contributed by atoms with van der Waals surface area (Å²) in [5.74, 6) is 0.505. The van der Waals surface area contributed by atoms with Crippen LogP contribution in [0.25, 0.3) is 11.2 Å². The van der Waals surface area contributed by atoms with Crippen LogP contribution < -0.4 is 5.73 Å². The van der Waals surface area contributed by atoms with Gasteiger partial charge in [-0.1, -0.05) is 6.58 Å². The Morgan fingerprint density at radius 1 is 1.45 bits per heavy atom. The molecule has 2 saturated carbocycles. The predicted octanol–water partition coefficient (Wildman–Crippen LogP) is -0.121. The molecule has 2 heterocycles. The smallest absolute Gasteiger partial charge is 0.165 e. The minimum atomic E-state index is -0.681. The summed E-state index contributed by atoms with van der Waals surface area (Å²) >= 11 is 0. The van der Waals surface area contributed by atoms with Gasteiger partial charge >= 0.3 is 0 Å². The molecule has 4 atom stereocenters. The van der Waals surface area contributed by atoms with Crippen LogP contribution in [-0.2, 0) is 0 Å². The molecule has 2 unspecified atom stereocenters. The van der Waals surface area contributed by atoms with E-state index in [1.165, 1.54) is 6.33 Å². The van der Waals surface area contributed by atoms with Gasteiger partial charge < -0.3 is 20.5 Å². The maximum Gasteiger partial charge on any atom is 0.165 e. The molecular weight excluding hydrogens is 258 g/mol. The lowest BCUT2D eigenvalue weighted by atomic mass is 9.99. The average Bonchev–Trinajstić information content (AvgIpc) is 2.95. The van der Waals surface area contributed by atoms with Crippen molar-refractivity contribution in [2.75, 3.05) is 12.3 Å². The molecule has 0 aromatic carbocycles. The molecule has 2 aromatic heterocycles. The van der Waals surface area contributed by atoms with E-state index in [0.717, 1.165) is 6.42 Å². The summed E-state index contributed by atoms with van der Waals surface area (Å²) in [6, 6.07) is -0.101. The Morgan fingerprint density at radius 2 is 2.25 bits per heavy atom. The van der Waals surface area contributed by atoms with E-state index in [-0.39, 0.29) is 18.6 Å². The molecule has 0 saturated heterocycles. The number of aliphatic hydroxyl groups excluding tert-OH is 2. The van der Waals surface area contributed by atoms with E-state index in [0.29, 0.717) is 22.6 Å². The Balaban J connectivity index is 1.85. The molecule has 4 N–H and O–H groups in total. The van der Waals surface area contributed by atoms with Gasteiger partial charge in [0.25, 0.3) is 0 Å². The highest BCUT2D eigenvalue weighted by molar-refractivity contribution is 5.81. The lowest BCUT2D eigenvalue weighted by Crippen LogP contribution is -2.24. The van der Waals surface area contributed by atoms with Crippen molar-refractivity contribution in [3.63, 3.8) is 0 Å². The number of rotatable bonds is 2. The number of imidazole rings is 1. The summed E-state index contributed by atoms with van der Waals surface area (Å²) in [4.78, 5) is 12.4. The molecule has 2 fully saturated rings. The molecule has 2 aliphatic carbocycles. The molecule has 7 heteroatoms. The number of hydrogen-bond acceptors (Lipinski definition) is 6. The fourth-order valence-electron chi connectivity index (χ4n) is 3.59. The van der Waals surface area contributed by atoms with Crippen molar-refractivity contribution in [1.29, 1.82) is 0 Å². The predicted molar refractivity (Wildman–Crippen MR) is 71.5 cm³/mol. The van der Waals surface area contributed by atoms with Crippen LogP contribution in [0.15, 0.2) is 24.8 Å². The summed E-state index contributed by atoms with van der Waals surface area (Å²) in [5.41, 5.74) is 7.24. The summed E-state index contributed by atoms with van der Waals surface area (Å²) < 4.78 is 1.88. The molecule has 104 valence electrons. The zero-order valence-electron chi connectivity index (χ0n) is 10.8. The fourth-order valence-corrected chi connectivity index (χ4v) is 3.59. The number of nitrogens with two attached hydrogens (primary N) is 1. The van der Waals surface area contributed by atoms with Crippen LogP contribution in [0.4, 0.5) is 5.82 Å². The Hall–Kier alpha value is -1.99. The largest absolute Gasteiger partial charge is 0.396 e. The number of nitrogens with zero attached hydrogens (tertiary/aromatic N) is 4. The van der Waals surface area contributed by atoms with Crippen LogP contribution in [0.1, 0.15) is 12.5 Å². The van der Waals surface area contributed by atoms with Crippen LogP contribution in [0.5, 0.6) is 0 Å². The molecule has 4 rings (SSSR count). The molecule has 0 bridgehead atoms. The first kappa shape index (κ1) is 11.8. The highest BCUT2D eigenvalue weighted by atomic mass is 16.3. The molecule has 2 aromatic rings. The maximum atomic E-state index is 10.3. The van der Waals surface area contributed by atoms with E-state index in [1.807, 2.05) is 4.57 Å². The Labute approximate surface area is 114 Å². The zero-order valence-corrected chi connectivity index (χ0v) is 10.8. The standard InChI is InChI=1S/C13H15N5O2/c1-6-9(7-2-13(7,3-19)10(6)20)18-5-17-8-11(14)15-4-16-12(8)18/h4-5,7,9-10,19-20H,1-3H2,(H2,14,15,16)/t7?,9-,10?,13-/m0/s1. The highest BCUT2D eigenvalue weighted by Gasteiger charge is 2.69. The van der Waals surface area contributed by atoms with Crippen molar-refractivity contribution >= 4 is 17.0 Å². The van der Waals surface area contributed by atoms with Gasteiger partial charge in [0.05, 0.1) is 25.1 Å². The third kappa shape index (κ3) is 1.19. The van der Waals surface area contributed by atoms with Gasteiger partial charge in [0.2, 0.25) is 0 Å². The molecular formula is C13H15N5O2. The molecule has 7 nitrogen and oxygen atoms in total. The van der Waals surface area contributed by atoms with Gasteiger partial charge in [0.15, 0.2) is 11.5 Å². The summed E-state index contributed by atoms with van der Waals surface area (Å²) in [5, 5.41) is 19.9. The first-order valence-corrected chi connectivity index (χ1v) is 6.51. The van der Waals surface area contributed by atoms with Crippen LogP contribution >= 0.6 is 0 Å². The normalized spacial score (nSPS) is 35.5. The van der Waals surface area contributed by atoms with Gasteiger partial charge in [-0.2, -0.15) is 0 Å². The number of nitrogen functional groups attached to an aromatic ring is 1. The van der Waals surface area contributed by atoms with Crippen molar-refractivity contribution < 1.29 is 10.2 Å². The van der Waals surface area contributed by atoms with E-state index in [2.05, 4.69) is 21.5 Å². The van der Waals surface area contributed by atoms with Gasteiger partial charge in [-0.05, 0) is 17.9 Å². The first-order chi connectivity index (χ1) is 9.60. The molecule has 0 amide bonds. The lowest BCUT2D eigenvalue weighted by molar-refractivity contribution is 0.0831. The van der Waals surface area contributed by atoms with Crippen molar-refractivity contribution in [3.05, 3.63) is 24.8 Å².